The smallest absolute Gasteiger partial charge is 0.130 e. The average Bonchev–Trinajstić information content (AvgIpc) is 2.34. The minimum atomic E-state index is -0.449. The highest BCUT2D eigenvalue weighted by Crippen LogP contribution is 2.19. The number of hydrogen-bond donors (Lipinski definition) is 0. The number of rotatable bonds is 3. The lowest BCUT2D eigenvalue weighted by Gasteiger charge is -2.35. The Morgan fingerprint density at radius 3 is 2.33 bits per heavy atom. The molecule has 0 atom stereocenters. The van der Waals surface area contributed by atoms with E-state index in [1.54, 1.807) is 0 Å². The molecule has 0 aliphatic carbocycles. The van der Waals surface area contributed by atoms with Gasteiger partial charge in [0.05, 0.1) is 0 Å². The second-order valence-electron chi connectivity index (χ2n) is 5.15. The predicted octanol–water partition coefficient (Wildman–Crippen LogP) is 2.49. The summed E-state index contributed by atoms with van der Waals surface area (Å²) in [5.41, 5.74) is 0.180. The lowest BCUT2D eigenvalue weighted by Crippen LogP contribution is -2.41. The van der Waals surface area contributed by atoms with Crippen molar-refractivity contribution in [3.8, 4) is 0 Å². The van der Waals surface area contributed by atoms with Crippen LogP contribution in [0.1, 0.15) is 18.4 Å². The van der Waals surface area contributed by atoms with E-state index in [4.69, 9.17) is 0 Å². The van der Waals surface area contributed by atoms with Crippen LogP contribution in [0, 0.1) is 11.6 Å². The van der Waals surface area contributed by atoms with Gasteiger partial charge in [-0.15, -0.1) is 0 Å². The van der Waals surface area contributed by atoms with Crippen molar-refractivity contribution in [2.45, 2.75) is 25.4 Å². The number of piperidine rings is 1. The Bertz CT molecular complexity index is 381. The molecular formula is C14H20F2N2. The van der Waals surface area contributed by atoms with E-state index in [9.17, 15) is 8.78 Å². The predicted molar refractivity (Wildman–Crippen MR) is 68.3 cm³/mol. The molecule has 1 saturated heterocycles. The van der Waals surface area contributed by atoms with E-state index >= 15 is 0 Å². The SMILES string of the molecule is CN1CCC(N(C)Cc2c(F)cccc2F)CC1. The molecule has 2 rings (SSSR count). The van der Waals surface area contributed by atoms with Crippen LogP contribution in [0.4, 0.5) is 8.78 Å². The Morgan fingerprint density at radius 1 is 1.22 bits per heavy atom. The molecular weight excluding hydrogens is 234 g/mol. The molecule has 100 valence electrons. The van der Waals surface area contributed by atoms with Gasteiger partial charge in [0.2, 0.25) is 0 Å². The molecule has 2 nitrogen and oxygen atoms in total. The summed E-state index contributed by atoms with van der Waals surface area (Å²) in [5, 5.41) is 0. The highest BCUT2D eigenvalue weighted by Gasteiger charge is 2.22. The van der Waals surface area contributed by atoms with Crippen LogP contribution in [0.2, 0.25) is 0 Å². The van der Waals surface area contributed by atoms with Crippen molar-refractivity contribution >= 4 is 0 Å². The van der Waals surface area contributed by atoms with Crippen molar-refractivity contribution in [2.75, 3.05) is 27.2 Å². The van der Waals surface area contributed by atoms with E-state index < -0.39 is 11.6 Å². The Kier molecular flexibility index (Phi) is 4.30. The molecule has 0 amide bonds. The van der Waals surface area contributed by atoms with E-state index in [1.807, 2.05) is 7.05 Å². The van der Waals surface area contributed by atoms with E-state index in [-0.39, 0.29) is 5.56 Å². The first-order chi connectivity index (χ1) is 8.58. The Balaban J connectivity index is 2.00. The molecule has 0 radical (unpaired) electrons. The van der Waals surface area contributed by atoms with E-state index in [2.05, 4.69) is 16.8 Å². The lowest BCUT2D eigenvalue weighted by atomic mass is 10.0. The first kappa shape index (κ1) is 13.4. The Labute approximate surface area is 107 Å². The third-order valence-electron chi connectivity index (χ3n) is 3.78. The van der Waals surface area contributed by atoms with Crippen molar-refractivity contribution in [1.82, 2.24) is 9.80 Å². The molecule has 0 aromatic heterocycles. The second-order valence-corrected chi connectivity index (χ2v) is 5.15. The molecule has 1 aliphatic rings. The van der Waals surface area contributed by atoms with Crippen molar-refractivity contribution in [2.24, 2.45) is 0 Å². The third kappa shape index (κ3) is 3.06. The minimum absolute atomic E-state index is 0.180. The maximum absolute atomic E-state index is 13.6. The van der Waals surface area contributed by atoms with Crippen molar-refractivity contribution < 1.29 is 8.78 Å². The summed E-state index contributed by atoms with van der Waals surface area (Å²) < 4.78 is 27.1. The van der Waals surface area contributed by atoms with E-state index in [0.29, 0.717) is 12.6 Å². The van der Waals surface area contributed by atoms with Gasteiger partial charge in [-0.2, -0.15) is 0 Å². The highest BCUT2D eigenvalue weighted by molar-refractivity contribution is 5.19. The molecule has 18 heavy (non-hydrogen) atoms. The zero-order valence-corrected chi connectivity index (χ0v) is 11.0. The highest BCUT2D eigenvalue weighted by atomic mass is 19.1. The van der Waals surface area contributed by atoms with Gasteiger partial charge < -0.3 is 4.90 Å². The van der Waals surface area contributed by atoms with Crippen LogP contribution in [0.25, 0.3) is 0 Å². The standard InChI is InChI=1S/C14H20F2N2/c1-17-8-6-11(7-9-17)18(2)10-12-13(15)4-3-5-14(12)16/h3-5,11H,6-10H2,1-2H3. The fraction of sp³-hybridized carbons (Fsp3) is 0.571. The molecule has 0 unspecified atom stereocenters. The third-order valence-corrected chi connectivity index (χ3v) is 3.78. The monoisotopic (exact) mass is 254 g/mol. The number of halogens is 2. The van der Waals surface area contributed by atoms with Crippen molar-refractivity contribution in [3.63, 3.8) is 0 Å². The molecule has 0 saturated carbocycles. The van der Waals surface area contributed by atoms with Gasteiger partial charge in [0, 0.05) is 18.2 Å². The Morgan fingerprint density at radius 2 is 1.78 bits per heavy atom. The molecule has 1 fully saturated rings. The maximum Gasteiger partial charge on any atom is 0.130 e. The molecule has 4 heteroatoms. The Hall–Kier alpha value is -1.00. The number of benzene rings is 1. The van der Waals surface area contributed by atoms with Crippen LogP contribution >= 0.6 is 0 Å². The van der Waals surface area contributed by atoms with Crippen LogP contribution in [0.5, 0.6) is 0 Å². The van der Waals surface area contributed by atoms with Gasteiger partial charge in [-0.3, -0.25) is 4.90 Å². The van der Waals surface area contributed by atoms with Crippen LogP contribution in [-0.2, 0) is 6.54 Å². The zero-order valence-electron chi connectivity index (χ0n) is 11.0. The van der Waals surface area contributed by atoms with Crippen LogP contribution in [0.15, 0.2) is 18.2 Å². The number of likely N-dealkylation sites (tertiary alicyclic amines) is 1. The topological polar surface area (TPSA) is 6.48 Å². The first-order valence-electron chi connectivity index (χ1n) is 6.39. The van der Waals surface area contributed by atoms with Gasteiger partial charge in [0.1, 0.15) is 11.6 Å². The zero-order chi connectivity index (χ0) is 13.1. The molecule has 1 heterocycles. The summed E-state index contributed by atoms with van der Waals surface area (Å²) in [6, 6.07) is 4.46. The first-order valence-corrected chi connectivity index (χ1v) is 6.39. The van der Waals surface area contributed by atoms with Crippen LogP contribution in [0.3, 0.4) is 0 Å². The average molecular weight is 254 g/mol. The molecule has 0 bridgehead atoms. The summed E-state index contributed by atoms with van der Waals surface area (Å²) in [6.07, 6.45) is 2.12. The summed E-state index contributed by atoms with van der Waals surface area (Å²) in [4.78, 5) is 4.35. The normalized spacial score (nSPS) is 18.5. The van der Waals surface area contributed by atoms with Gasteiger partial charge in [0.15, 0.2) is 0 Å². The van der Waals surface area contributed by atoms with Crippen molar-refractivity contribution in [3.05, 3.63) is 35.4 Å². The van der Waals surface area contributed by atoms with E-state index in [1.165, 1.54) is 18.2 Å². The van der Waals surface area contributed by atoms with Gasteiger partial charge in [0.25, 0.3) is 0 Å². The van der Waals surface area contributed by atoms with E-state index in [0.717, 1.165) is 25.9 Å². The fourth-order valence-corrected chi connectivity index (χ4v) is 2.50. The summed E-state index contributed by atoms with van der Waals surface area (Å²) in [7, 11) is 4.05. The summed E-state index contributed by atoms with van der Waals surface area (Å²) in [6.45, 7) is 2.44. The molecule has 1 aromatic carbocycles. The second kappa shape index (κ2) is 5.76. The minimum Gasteiger partial charge on any atom is -0.306 e. The molecule has 0 spiro atoms. The quantitative estimate of drug-likeness (QED) is 0.817. The number of nitrogens with zero attached hydrogens (tertiary/aromatic N) is 2. The summed E-state index contributed by atoms with van der Waals surface area (Å²) in [5.74, 6) is -0.899. The summed E-state index contributed by atoms with van der Waals surface area (Å²) >= 11 is 0. The fourth-order valence-electron chi connectivity index (χ4n) is 2.50. The molecule has 1 aliphatic heterocycles. The van der Waals surface area contributed by atoms with Crippen molar-refractivity contribution in [1.29, 1.82) is 0 Å². The number of hydrogen-bond acceptors (Lipinski definition) is 2. The van der Waals surface area contributed by atoms with Crippen LogP contribution < -0.4 is 0 Å². The molecule has 0 N–H and O–H groups in total. The molecule has 1 aromatic rings. The van der Waals surface area contributed by atoms with Gasteiger partial charge in [-0.05, 0) is 52.2 Å². The van der Waals surface area contributed by atoms with Gasteiger partial charge >= 0.3 is 0 Å². The maximum atomic E-state index is 13.6. The lowest BCUT2D eigenvalue weighted by molar-refractivity contribution is 0.137. The van der Waals surface area contributed by atoms with Gasteiger partial charge in [-0.1, -0.05) is 6.07 Å². The van der Waals surface area contributed by atoms with Crippen LogP contribution in [-0.4, -0.2) is 43.0 Å². The van der Waals surface area contributed by atoms with Gasteiger partial charge in [-0.25, -0.2) is 8.78 Å². The largest absolute Gasteiger partial charge is 0.306 e.